The third kappa shape index (κ3) is 4.88. The third-order valence-corrected chi connectivity index (χ3v) is 14.9. The number of benzene rings is 1. The second-order valence-corrected chi connectivity index (χ2v) is 18.0. The third-order valence-electron chi connectivity index (χ3n) is 14.9. The van der Waals surface area contributed by atoms with Crippen molar-refractivity contribution in [2.45, 2.75) is 126 Å². The number of carbonyl (C=O) groups excluding carboxylic acids is 2. The quantitative estimate of drug-likeness (QED) is 0.152. The van der Waals surface area contributed by atoms with E-state index in [0.29, 0.717) is 23.3 Å². The summed E-state index contributed by atoms with van der Waals surface area (Å²) in [5, 5.41) is 11.1. The van der Waals surface area contributed by atoms with Crippen molar-refractivity contribution >= 4 is 17.8 Å². The van der Waals surface area contributed by atoms with Crippen LogP contribution in [0.2, 0.25) is 0 Å². The summed E-state index contributed by atoms with van der Waals surface area (Å²) in [7, 11) is 1.59. The monoisotopic (exact) mass is 630 g/mol. The van der Waals surface area contributed by atoms with Crippen LogP contribution < -0.4 is 9.47 Å². The Kier molecular flexibility index (Phi) is 8.06. The molecule has 0 aromatic heterocycles. The van der Waals surface area contributed by atoms with Crippen molar-refractivity contribution in [1.82, 2.24) is 0 Å². The minimum Gasteiger partial charge on any atom is -0.493 e. The summed E-state index contributed by atoms with van der Waals surface area (Å²) < 4.78 is 12.0. The number of rotatable bonds is 5. The molecule has 0 amide bonds. The number of aliphatic hydroxyl groups is 1. The molecule has 5 heteroatoms. The Labute approximate surface area is 277 Å². The molecule has 0 aliphatic heterocycles. The van der Waals surface area contributed by atoms with Gasteiger partial charge in [0.05, 0.1) is 18.6 Å². The van der Waals surface area contributed by atoms with Gasteiger partial charge in [0, 0.05) is 0 Å². The van der Waals surface area contributed by atoms with E-state index in [-0.39, 0.29) is 50.8 Å². The van der Waals surface area contributed by atoms with Crippen molar-refractivity contribution in [2.75, 3.05) is 7.11 Å². The van der Waals surface area contributed by atoms with Crippen LogP contribution in [0, 0.1) is 50.2 Å². The summed E-state index contributed by atoms with van der Waals surface area (Å²) in [6.07, 6.45) is 15.7. The van der Waals surface area contributed by atoms with E-state index in [1.54, 1.807) is 19.3 Å². The number of hydrogen-bond donors (Lipinski definition) is 1. The molecule has 8 atom stereocenters. The first-order valence-corrected chi connectivity index (χ1v) is 17.9. The number of esters is 1. The minimum atomic E-state index is -0.555. The maximum absolute atomic E-state index is 14.6. The van der Waals surface area contributed by atoms with Crippen molar-refractivity contribution in [3.05, 3.63) is 41.5 Å². The predicted octanol–water partition coefficient (Wildman–Crippen LogP) is 9.37. The first kappa shape index (κ1) is 33.5. The van der Waals surface area contributed by atoms with Crippen molar-refractivity contribution in [3.8, 4) is 11.5 Å². The van der Waals surface area contributed by atoms with Gasteiger partial charge < -0.3 is 14.6 Å². The molecule has 1 N–H and O–H groups in total. The van der Waals surface area contributed by atoms with Crippen molar-refractivity contribution in [3.63, 3.8) is 0 Å². The number of ketones is 1. The second-order valence-electron chi connectivity index (χ2n) is 18.0. The van der Waals surface area contributed by atoms with E-state index < -0.39 is 5.41 Å². The molecule has 1 aromatic rings. The molecule has 0 radical (unpaired) electrons. The standard InChI is InChI=1S/C41H58O5/c1-26(42)10-11-27-12-14-30(31(24-27)45-9)46-35(44)41-22-20-36(2,3)25-29(41)28-13-15-33-38(6)18-17-34(43)37(4,5)32(38)16-19-40(33,8)39(28,7)21-23-41/h10-14,24,29,32-34,43H,15-23,25H2,1-9H3/b11-10+/t29-,32-,33+,34-,38-,39+,40+,41-/m0/s1. The fourth-order valence-corrected chi connectivity index (χ4v) is 11.9. The van der Waals surface area contributed by atoms with E-state index in [1.807, 2.05) is 12.1 Å². The molecule has 0 saturated heterocycles. The predicted molar refractivity (Wildman–Crippen MR) is 183 cm³/mol. The van der Waals surface area contributed by atoms with Gasteiger partial charge in [-0.25, -0.2) is 0 Å². The Morgan fingerprint density at radius 1 is 0.891 bits per heavy atom. The summed E-state index contributed by atoms with van der Waals surface area (Å²) in [6.45, 7) is 18.6. The molecule has 5 aliphatic carbocycles. The summed E-state index contributed by atoms with van der Waals surface area (Å²) in [5.74, 6) is 2.04. The van der Waals surface area contributed by atoms with E-state index >= 15 is 0 Å². The zero-order chi connectivity index (χ0) is 33.5. The molecular formula is C41H58O5. The molecule has 5 nitrogen and oxygen atoms in total. The molecule has 6 rings (SSSR count). The summed E-state index contributed by atoms with van der Waals surface area (Å²) >= 11 is 0. The number of aliphatic hydroxyl groups excluding tert-OH is 1. The Balaban J connectivity index is 1.36. The van der Waals surface area contributed by atoms with Gasteiger partial charge in [-0.3, -0.25) is 9.59 Å². The molecule has 5 aliphatic rings. The molecule has 46 heavy (non-hydrogen) atoms. The van der Waals surface area contributed by atoms with Crippen molar-refractivity contribution in [2.24, 2.45) is 50.2 Å². The van der Waals surface area contributed by atoms with E-state index in [2.05, 4.69) is 54.5 Å². The van der Waals surface area contributed by atoms with E-state index in [9.17, 15) is 14.7 Å². The van der Waals surface area contributed by atoms with Gasteiger partial charge in [0.1, 0.15) is 0 Å². The molecule has 252 valence electrons. The highest BCUT2D eigenvalue weighted by molar-refractivity contribution is 5.91. The lowest BCUT2D eigenvalue weighted by Gasteiger charge is -2.71. The largest absolute Gasteiger partial charge is 0.493 e. The van der Waals surface area contributed by atoms with Crippen LogP contribution in [0.1, 0.15) is 125 Å². The average Bonchev–Trinajstić information content (AvgIpc) is 2.98. The average molecular weight is 631 g/mol. The second kappa shape index (κ2) is 11.1. The number of ether oxygens (including phenoxy) is 2. The highest BCUT2D eigenvalue weighted by atomic mass is 16.6. The van der Waals surface area contributed by atoms with Crippen LogP contribution in [-0.2, 0) is 9.59 Å². The lowest BCUT2D eigenvalue weighted by molar-refractivity contribution is -0.205. The minimum absolute atomic E-state index is 0.0222. The topological polar surface area (TPSA) is 72.8 Å². The number of hydrogen-bond acceptors (Lipinski definition) is 5. The lowest BCUT2D eigenvalue weighted by Crippen LogP contribution is -2.65. The molecule has 1 aromatic carbocycles. The van der Waals surface area contributed by atoms with Crippen LogP contribution in [0.25, 0.3) is 6.08 Å². The van der Waals surface area contributed by atoms with E-state index in [1.165, 1.54) is 25.0 Å². The molecule has 4 saturated carbocycles. The summed E-state index contributed by atoms with van der Waals surface area (Å²) in [5.41, 5.74) is 2.24. The van der Waals surface area contributed by atoms with Gasteiger partial charge in [0.15, 0.2) is 17.3 Å². The highest BCUT2D eigenvalue weighted by Crippen LogP contribution is 2.75. The van der Waals surface area contributed by atoms with Crippen LogP contribution in [0.3, 0.4) is 0 Å². The van der Waals surface area contributed by atoms with Crippen LogP contribution in [0.5, 0.6) is 11.5 Å². The van der Waals surface area contributed by atoms with Gasteiger partial charge >= 0.3 is 5.97 Å². The highest BCUT2D eigenvalue weighted by Gasteiger charge is 2.69. The zero-order valence-corrected chi connectivity index (χ0v) is 29.9. The number of methoxy groups -OCH3 is 1. The lowest BCUT2D eigenvalue weighted by atomic mass is 9.33. The Morgan fingerprint density at radius 2 is 1.61 bits per heavy atom. The smallest absolute Gasteiger partial charge is 0.318 e. The Hall–Kier alpha value is -2.40. The van der Waals surface area contributed by atoms with Crippen molar-refractivity contribution < 1.29 is 24.2 Å². The normalized spacial score (nSPS) is 40.9. The van der Waals surface area contributed by atoms with Gasteiger partial charge in [-0.05, 0) is 140 Å². The number of allylic oxidation sites excluding steroid dienone is 3. The first-order chi connectivity index (χ1) is 21.4. The molecular weight excluding hydrogens is 572 g/mol. The fourth-order valence-electron chi connectivity index (χ4n) is 11.9. The van der Waals surface area contributed by atoms with Crippen LogP contribution in [0.15, 0.2) is 35.9 Å². The first-order valence-electron chi connectivity index (χ1n) is 17.9. The number of fused-ring (bicyclic) bond motifs is 7. The Bertz CT molecular complexity index is 1470. The van der Waals surface area contributed by atoms with E-state index in [0.717, 1.165) is 63.4 Å². The summed E-state index contributed by atoms with van der Waals surface area (Å²) in [6, 6.07) is 5.50. The van der Waals surface area contributed by atoms with Crippen LogP contribution in [0.4, 0.5) is 0 Å². The van der Waals surface area contributed by atoms with Gasteiger partial charge in [-0.1, -0.05) is 72.3 Å². The van der Waals surface area contributed by atoms with Crippen LogP contribution >= 0.6 is 0 Å². The van der Waals surface area contributed by atoms with E-state index in [4.69, 9.17) is 9.47 Å². The Morgan fingerprint density at radius 3 is 2.30 bits per heavy atom. The molecule has 0 heterocycles. The van der Waals surface area contributed by atoms with Gasteiger partial charge in [-0.2, -0.15) is 0 Å². The van der Waals surface area contributed by atoms with Gasteiger partial charge in [0.25, 0.3) is 0 Å². The van der Waals surface area contributed by atoms with Gasteiger partial charge in [-0.15, -0.1) is 0 Å². The van der Waals surface area contributed by atoms with Crippen LogP contribution in [-0.4, -0.2) is 30.1 Å². The molecule has 4 fully saturated rings. The fraction of sp³-hybridized carbons (Fsp3) is 0.707. The maximum atomic E-state index is 14.6. The molecule has 0 unspecified atom stereocenters. The molecule has 0 spiro atoms. The zero-order valence-electron chi connectivity index (χ0n) is 29.9. The van der Waals surface area contributed by atoms with Crippen molar-refractivity contribution in [1.29, 1.82) is 0 Å². The summed E-state index contributed by atoms with van der Waals surface area (Å²) in [4.78, 5) is 26.1. The SMILES string of the molecule is COc1cc(/C=C/C(C)=O)ccc1OC(=O)[C@]12CCC(C)(C)C[C@H]1C1=CC[C@@H]3[C@@]4(C)CC[C@H](O)C(C)(C)[C@@H]4CC[C@@]3(C)[C@]1(C)CC2. The molecule has 0 bridgehead atoms. The van der Waals surface area contributed by atoms with Gasteiger partial charge in [0.2, 0.25) is 0 Å². The maximum Gasteiger partial charge on any atom is 0.318 e. The number of carbonyl (C=O) groups is 2.